The molecule has 5 nitrogen and oxygen atoms in total. The molecule has 0 fully saturated rings. The van der Waals surface area contributed by atoms with E-state index in [-0.39, 0.29) is 12.6 Å². The highest BCUT2D eigenvalue weighted by atomic mass is 19.2. The van der Waals surface area contributed by atoms with Gasteiger partial charge < -0.3 is 15.7 Å². The van der Waals surface area contributed by atoms with Gasteiger partial charge in [-0.25, -0.2) is 13.2 Å². The second-order valence-electron chi connectivity index (χ2n) is 6.31. The number of halogens is 3. The van der Waals surface area contributed by atoms with Crippen molar-refractivity contribution in [1.82, 2.24) is 5.32 Å². The SMILES string of the molecule is CC(C)CC[C@](C)(O)CNC(=O)C(=O)Nc1cc(F)c(F)cc1F. The Morgan fingerprint density at radius 2 is 1.71 bits per heavy atom. The van der Waals surface area contributed by atoms with Crippen molar-refractivity contribution in [3.8, 4) is 0 Å². The molecule has 24 heavy (non-hydrogen) atoms. The molecule has 0 aromatic heterocycles. The minimum absolute atomic E-state index is 0.174. The van der Waals surface area contributed by atoms with E-state index >= 15 is 0 Å². The minimum Gasteiger partial charge on any atom is -0.388 e. The van der Waals surface area contributed by atoms with Crippen LogP contribution in [0.15, 0.2) is 12.1 Å². The molecule has 8 heteroatoms. The molecular formula is C16H21F3N2O3. The van der Waals surface area contributed by atoms with Gasteiger partial charge in [0, 0.05) is 18.7 Å². The lowest BCUT2D eigenvalue weighted by molar-refractivity contribution is -0.136. The number of nitrogens with one attached hydrogen (secondary N) is 2. The van der Waals surface area contributed by atoms with Gasteiger partial charge in [0.2, 0.25) is 0 Å². The maximum Gasteiger partial charge on any atom is 0.313 e. The molecular weight excluding hydrogens is 325 g/mol. The van der Waals surface area contributed by atoms with Crippen LogP contribution in [0.25, 0.3) is 0 Å². The molecule has 0 aliphatic heterocycles. The van der Waals surface area contributed by atoms with Gasteiger partial charge in [0.05, 0.1) is 11.3 Å². The van der Waals surface area contributed by atoms with Crippen molar-refractivity contribution in [2.75, 3.05) is 11.9 Å². The Morgan fingerprint density at radius 1 is 1.12 bits per heavy atom. The third kappa shape index (κ3) is 6.19. The average Bonchev–Trinajstić information content (AvgIpc) is 2.48. The molecule has 1 rings (SSSR count). The van der Waals surface area contributed by atoms with Gasteiger partial charge in [-0.05, 0) is 25.7 Å². The lowest BCUT2D eigenvalue weighted by atomic mass is 9.95. The van der Waals surface area contributed by atoms with Gasteiger partial charge in [-0.3, -0.25) is 9.59 Å². The Bertz CT molecular complexity index is 619. The van der Waals surface area contributed by atoms with E-state index in [1.807, 2.05) is 19.2 Å². The van der Waals surface area contributed by atoms with Crippen molar-refractivity contribution in [2.24, 2.45) is 5.92 Å². The second-order valence-corrected chi connectivity index (χ2v) is 6.31. The van der Waals surface area contributed by atoms with Crippen LogP contribution in [-0.4, -0.2) is 29.1 Å². The van der Waals surface area contributed by atoms with Gasteiger partial charge in [0.15, 0.2) is 11.6 Å². The first-order valence-corrected chi connectivity index (χ1v) is 7.48. The summed E-state index contributed by atoms with van der Waals surface area (Å²) >= 11 is 0. The first kappa shape index (κ1) is 20.0. The van der Waals surface area contributed by atoms with Crippen LogP contribution in [0, 0.1) is 23.4 Å². The predicted molar refractivity (Wildman–Crippen MR) is 82.7 cm³/mol. The van der Waals surface area contributed by atoms with Crippen LogP contribution in [0.4, 0.5) is 18.9 Å². The summed E-state index contributed by atoms with van der Waals surface area (Å²) < 4.78 is 39.3. The molecule has 1 aromatic rings. The van der Waals surface area contributed by atoms with Crippen molar-refractivity contribution in [3.63, 3.8) is 0 Å². The van der Waals surface area contributed by atoms with Crippen LogP contribution in [0.5, 0.6) is 0 Å². The quantitative estimate of drug-likeness (QED) is 0.546. The molecule has 2 amide bonds. The number of hydrogen-bond acceptors (Lipinski definition) is 3. The summed E-state index contributed by atoms with van der Waals surface area (Å²) in [6.45, 7) is 5.31. The number of anilines is 1. The van der Waals surface area contributed by atoms with Crippen molar-refractivity contribution in [3.05, 3.63) is 29.6 Å². The van der Waals surface area contributed by atoms with Crippen LogP contribution in [0.2, 0.25) is 0 Å². The summed E-state index contributed by atoms with van der Waals surface area (Å²) in [5.41, 5.74) is -1.85. The Kier molecular flexibility index (Phi) is 6.77. The van der Waals surface area contributed by atoms with Gasteiger partial charge in [0.25, 0.3) is 0 Å². The molecule has 3 N–H and O–H groups in total. The van der Waals surface area contributed by atoms with Crippen molar-refractivity contribution in [2.45, 2.75) is 39.2 Å². The number of rotatable bonds is 6. The summed E-state index contributed by atoms with van der Waals surface area (Å²) in [6.07, 6.45) is 1.15. The molecule has 0 radical (unpaired) electrons. The third-order valence-electron chi connectivity index (χ3n) is 3.35. The Labute approximate surface area is 138 Å². The molecule has 0 bridgehead atoms. The minimum atomic E-state index is -1.41. The number of carbonyl (C=O) groups excluding carboxylic acids is 2. The highest BCUT2D eigenvalue weighted by Crippen LogP contribution is 2.18. The van der Waals surface area contributed by atoms with E-state index in [9.17, 15) is 27.9 Å². The molecule has 0 saturated carbocycles. The molecule has 1 atom stereocenters. The number of aliphatic hydroxyl groups is 1. The topological polar surface area (TPSA) is 78.4 Å². The Morgan fingerprint density at radius 3 is 2.29 bits per heavy atom. The van der Waals surface area contributed by atoms with Gasteiger partial charge in [-0.15, -0.1) is 0 Å². The van der Waals surface area contributed by atoms with E-state index in [2.05, 4.69) is 5.32 Å². The standard InChI is InChI=1S/C16H21F3N2O3/c1-9(2)4-5-16(3,24)8-20-14(22)15(23)21-13-7-11(18)10(17)6-12(13)19/h6-7,9,24H,4-5,8H2,1-3H3,(H,20,22)(H,21,23)/t16-/m0/s1. The molecule has 0 unspecified atom stereocenters. The van der Waals surface area contributed by atoms with Crippen molar-refractivity contribution >= 4 is 17.5 Å². The van der Waals surface area contributed by atoms with E-state index in [1.165, 1.54) is 6.92 Å². The molecule has 0 saturated heterocycles. The third-order valence-corrected chi connectivity index (χ3v) is 3.35. The van der Waals surface area contributed by atoms with Gasteiger partial charge in [0.1, 0.15) is 5.82 Å². The lowest BCUT2D eigenvalue weighted by Gasteiger charge is -2.24. The molecule has 0 aliphatic rings. The zero-order valence-electron chi connectivity index (χ0n) is 13.8. The van der Waals surface area contributed by atoms with Crippen LogP contribution in [0.3, 0.4) is 0 Å². The summed E-state index contributed by atoms with van der Waals surface area (Å²) in [7, 11) is 0. The van der Waals surface area contributed by atoms with Crippen molar-refractivity contribution in [1.29, 1.82) is 0 Å². The first-order valence-electron chi connectivity index (χ1n) is 7.48. The fourth-order valence-corrected chi connectivity index (χ4v) is 1.84. The Balaban J connectivity index is 2.60. The fourth-order valence-electron chi connectivity index (χ4n) is 1.84. The lowest BCUT2D eigenvalue weighted by Crippen LogP contribution is -2.44. The average molecular weight is 346 g/mol. The highest BCUT2D eigenvalue weighted by Gasteiger charge is 2.24. The van der Waals surface area contributed by atoms with Crippen LogP contribution < -0.4 is 10.6 Å². The summed E-state index contributed by atoms with van der Waals surface area (Å²) in [6, 6.07) is 0.703. The second kappa shape index (κ2) is 8.14. The zero-order chi connectivity index (χ0) is 18.5. The summed E-state index contributed by atoms with van der Waals surface area (Å²) in [5, 5.41) is 14.2. The van der Waals surface area contributed by atoms with Crippen LogP contribution >= 0.6 is 0 Å². The normalized spacial score (nSPS) is 13.5. The molecule has 0 spiro atoms. The van der Waals surface area contributed by atoms with E-state index < -0.39 is 40.6 Å². The van der Waals surface area contributed by atoms with E-state index in [0.717, 1.165) is 6.42 Å². The smallest absolute Gasteiger partial charge is 0.313 e. The maximum atomic E-state index is 13.4. The first-order chi connectivity index (χ1) is 11.0. The van der Waals surface area contributed by atoms with Gasteiger partial charge in [-0.1, -0.05) is 13.8 Å². The van der Waals surface area contributed by atoms with E-state index in [4.69, 9.17) is 0 Å². The van der Waals surface area contributed by atoms with E-state index in [1.54, 1.807) is 0 Å². The summed E-state index contributed by atoms with van der Waals surface area (Å²) in [4.78, 5) is 23.3. The van der Waals surface area contributed by atoms with Crippen LogP contribution in [0.1, 0.15) is 33.6 Å². The number of carbonyl (C=O) groups is 2. The predicted octanol–water partition coefficient (Wildman–Crippen LogP) is 2.35. The van der Waals surface area contributed by atoms with Gasteiger partial charge in [-0.2, -0.15) is 0 Å². The molecule has 134 valence electrons. The zero-order valence-corrected chi connectivity index (χ0v) is 13.8. The summed E-state index contributed by atoms with van der Waals surface area (Å²) in [5.74, 6) is -5.98. The largest absolute Gasteiger partial charge is 0.388 e. The fraction of sp³-hybridized carbons (Fsp3) is 0.500. The maximum absolute atomic E-state index is 13.4. The number of hydrogen-bond donors (Lipinski definition) is 3. The molecule has 0 aliphatic carbocycles. The molecule has 0 heterocycles. The van der Waals surface area contributed by atoms with E-state index in [0.29, 0.717) is 18.4 Å². The van der Waals surface area contributed by atoms with Crippen molar-refractivity contribution < 1.29 is 27.9 Å². The number of benzene rings is 1. The monoisotopic (exact) mass is 346 g/mol. The molecule has 1 aromatic carbocycles. The highest BCUT2D eigenvalue weighted by molar-refractivity contribution is 6.39. The van der Waals surface area contributed by atoms with Crippen LogP contribution in [-0.2, 0) is 9.59 Å². The Hall–Kier alpha value is -2.09. The van der Waals surface area contributed by atoms with Gasteiger partial charge >= 0.3 is 11.8 Å². The number of amides is 2.